The lowest BCUT2D eigenvalue weighted by Crippen LogP contribution is -2.35. The van der Waals surface area contributed by atoms with Gasteiger partial charge in [0.2, 0.25) is 0 Å². The van der Waals surface area contributed by atoms with Crippen LogP contribution in [-0.4, -0.2) is 30.8 Å². The van der Waals surface area contributed by atoms with Crippen molar-refractivity contribution in [3.05, 3.63) is 23.2 Å². The standard InChI is InChI=1S/C14H16ClN3O3/c15-10-1-2-12-11(7-10)17-14(21-12)18-5-3-9(4-6-18)8-20-13(16)19/h1-2,7,9H,3-6,8H2,(H2,16,19). The highest BCUT2D eigenvalue weighted by atomic mass is 35.5. The van der Waals surface area contributed by atoms with Crippen molar-refractivity contribution in [2.24, 2.45) is 11.7 Å². The Morgan fingerprint density at radius 3 is 2.95 bits per heavy atom. The molecule has 112 valence electrons. The number of hydrogen-bond acceptors (Lipinski definition) is 5. The number of halogens is 1. The van der Waals surface area contributed by atoms with E-state index in [-0.39, 0.29) is 0 Å². The zero-order chi connectivity index (χ0) is 14.8. The molecule has 0 bridgehead atoms. The Bertz CT molecular complexity index is 650. The van der Waals surface area contributed by atoms with Gasteiger partial charge in [0.25, 0.3) is 6.01 Å². The Labute approximate surface area is 126 Å². The number of fused-ring (bicyclic) bond motifs is 1. The highest BCUT2D eigenvalue weighted by molar-refractivity contribution is 6.31. The number of primary amides is 1. The number of carbonyl (C=O) groups is 1. The van der Waals surface area contributed by atoms with E-state index in [4.69, 9.17) is 26.5 Å². The minimum atomic E-state index is -0.715. The van der Waals surface area contributed by atoms with Gasteiger partial charge in [-0.3, -0.25) is 0 Å². The van der Waals surface area contributed by atoms with Crippen LogP contribution in [-0.2, 0) is 4.74 Å². The first-order chi connectivity index (χ1) is 10.1. The monoisotopic (exact) mass is 309 g/mol. The maximum absolute atomic E-state index is 10.6. The molecule has 1 fully saturated rings. The van der Waals surface area contributed by atoms with E-state index in [9.17, 15) is 4.79 Å². The smallest absolute Gasteiger partial charge is 0.404 e. The molecule has 1 aromatic heterocycles. The number of aromatic nitrogens is 1. The van der Waals surface area contributed by atoms with Crippen molar-refractivity contribution >= 4 is 34.8 Å². The zero-order valence-electron chi connectivity index (χ0n) is 11.4. The Hall–Kier alpha value is -1.95. The summed E-state index contributed by atoms with van der Waals surface area (Å²) in [5, 5.41) is 0.643. The summed E-state index contributed by atoms with van der Waals surface area (Å²) in [6.45, 7) is 2.01. The van der Waals surface area contributed by atoms with Gasteiger partial charge in [0.1, 0.15) is 5.52 Å². The highest BCUT2D eigenvalue weighted by Gasteiger charge is 2.23. The highest BCUT2D eigenvalue weighted by Crippen LogP contribution is 2.27. The average Bonchev–Trinajstić information content (AvgIpc) is 2.88. The van der Waals surface area contributed by atoms with Crippen LogP contribution in [0.4, 0.5) is 10.8 Å². The first kappa shape index (κ1) is 14.0. The van der Waals surface area contributed by atoms with Crippen molar-refractivity contribution < 1.29 is 13.9 Å². The van der Waals surface area contributed by atoms with Gasteiger partial charge in [-0.1, -0.05) is 11.6 Å². The van der Waals surface area contributed by atoms with Crippen LogP contribution >= 0.6 is 11.6 Å². The van der Waals surface area contributed by atoms with E-state index in [1.54, 1.807) is 12.1 Å². The third kappa shape index (κ3) is 3.21. The minimum absolute atomic E-state index is 0.340. The first-order valence-corrected chi connectivity index (χ1v) is 7.23. The number of nitrogens with two attached hydrogens (primary N) is 1. The van der Waals surface area contributed by atoms with E-state index in [0.29, 0.717) is 23.6 Å². The molecule has 1 aromatic carbocycles. The molecule has 6 nitrogen and oxygen atoms in total. The maximum atomic E-state index is 10.6. The fourth-order valence-electron chi connectivity index (χ4n) is 2.51. The van der Waals surface area contributed by atoms with Gasteiger partial charge in [-0.25, -0.2) is 4.79 Å². The van der Waals surface area contributed by atoms with Gasteiger partial charge in [-0.2, -0.15) is 4.98 Å². The second kappa shape index (κ2) is 5.81. The lowest BCUT2D eigenvalue weighted by atomic mass is 9.98. The summed E-state index contributed by atoms with van der Waals surface area (Å²) in [6.07, 6.45) is 1.10. The van der Waals surface area contributed by atoms with E-state index >= 15 is 0 Å². The van der Waals surface area contributed by atoms with Gasteiger partial charge in [0.05, 0.1) is 6.61 Å². The quantitative estimate of drug-likeness (QED) is 0.942. The molecule has 2 heterocycles. The molecule has 2 N–H and O–H groups in total. The molecule has 0 radical (unpaired) electrons. The van der Waals surface area contributed by atoms with Crippen LogP contribution in [0.5, 0.6) is 0 Å². The van der Waals surface area contributed by atoms with Gasteiger partial charge in [-0.05, 0) is 37.0 Å². The molecule has 2 aromatic rings. The number of benzene rings is 1. The number of amides is 1. The summed E-state index contributed by atoms with van der Waals surface area (Å²) < 4.78 is 10.6. The van der Waals surface area contributed by atoms with Gasteiger partial charge in [0.15, 0.2) is 5.58 Å². The molecular formula is C14H16ClN3O3. The Morgan fingerprint density at radius 1 is 1.48 bits per heavy atom. The molecule has 0 spiro atoms. The Morgan fingerprint density at radius 2 is 2.24 bits per heavy atom. The van der Waals surface area contributed by atoms with E-state index in [0.717, 1.165) is 37.0 Å². The van der Waals surface area contributed by atoms with Crippen LogP contribution in [0.1, 0.15) is 12.8 Å². The molecular weight excluding hydrogens is 294 g/mol. The molecule has 3 rings (SSSR count). The summed E-state index contributed by atoms with van der Waals surface area (Å²) in [4.78, 5) is 17.2. The largest absolute Gasteiger partial charge is 0.449 e. The second-order valence-corrected chi connectivity index (χ2v) is 5.61. The van der Waals surface area contributed by atoms with Crippen LogP contribution in [0.15, 0.2) is 22.6 Å². The number of anilines is 1. The lowest BCUT2D eigenvalue weighted by molar-refractivity contribution is 0.128. The summed E-state index contributed by atoms with van der Waals surface area (Å²) in [6, 6.07) is 6.01. The van der Waals surface area contributed by atoms with Gasteiger partial charge in [-0.15, -0.1) is 0 Å². The van der Waals surface area contributed by atoms with Crippen LogP contribution in [0.2, 0.25) is 5.02 Å². The molecule has 0 aliphatic carbocycles. The van der Waals surface area contributed by atoms with Gasteiger partial charge >= 0.3 is 6.09 Å². The predicted octanol–water partition coefficient (Wildman–Crippen LogP) is 2.79. The van der Waals surface area contributed by atoms with Gasteiger partial charge < -0.3 is 19.8 Å². The molecule has 1 aliphatic heterocycles. The van der Waals surface area contributed by atoms with Crippen LogP contribution in [0, 0.1) is 5.92 Å². The molecule has 7 heteroatoms. The second-order valence-electron chi connectivity index (χ2n) is 5.17. The fraction of sp³-hybridized carbons (Fsp3) is 0.429. The van der Waals surface area contributed by atoms with Crippen LogP contribution < -0.4 is 10.6 Å². The summed E-state index contributed by atoms with van der Waals surface area (Å²) >= 11 is 5.95. The van der Waals surface area contributed by atoms with E-state index < -0.39 is 6.09 Å². The number of carbonyl (C=O) groups excluding carboxylic acids is 1. The predicted molar refractivity (Wildman–Crippen MR) is 79.5 cm³/mol. The maximum Gasteiger partial charge on any atom is 0.404 e. The minimum Gasteiger partial charge on any atom is -0.449 e. The number of ether oxygens (including phenoxy) is 1. The van der Waals surface area contributed by atoms with E-state index in [1.165, 1.54) is 0 Å². The molecule has 0 saturated carbocycles. The van der Waals surface area contributed by atoms with Crippen LogP contribution in [0.25, 0.3) is 11.1 Å². The molecule has 0 atom stereocenters. The van der Waals surface area contributed by atoms with Crippen molar-refractivity contribution in [2.45, 2.75) is 12.8 Å². The van der Waals surface area contributed by atoms with Crippen molar-refractivity contribution in [1.82, 2.24) is 4.98 Å². The number of nitrogens with zero attached hydrogens (tertiary/aromatic N) is 2. The Kier molecular flexibility index (Phi) is 3.88. The van der Waals surface area contributed by atoms with E-state index in [2.05, 4.69) is 9.88 Å². The van der Waals surface area contributed by atoms with Crippen LogP contribution in [0.3, 0.4) is 0 Å². The SMILES string of the molecule is NC(=O)OCC1CCN(c2nc3cc(Cl)ccc3o2)CC1. The number of hydrogen-bond donors (Lipinski definition) is 1. The normalized spacial score (nSPS) is 16.3. The summed E-state index contributed by atoms with van der Waals surface area (Å²) in [5.41, 5.74) is 6.47. The molecule has 1 saturated heterocycles. The number of oxazole rings is 1. The van der Waals surface area contributed by atoms with Crippen molar-refractivity contribution in [3.8, 4) is 0 Å². The van der Waals surface area contributed by atoms with Crippen molar-refractivity contribution in [1.29, 1.82) is 0 Å². The summed E-state index contributed by atoms with van der Waals surface area (Å²) in [5.74, 6) is 0.340. The zero-order valence-corrected chi connectivity index (χ0v) is 12.2. The molecule has 1 aliphatic rings. The average molecular weight is 310 g/mol. The first-order valence-electron chi connectivity index (χ1n) is 6.85. The fourth-order valence-corrected chi connectivity index (χ4v) is 2.68. The number of piperidine rings is 1. The Balaban J connectivity index is 1.64. The van der Waals surface area contributed by atoms with Crippen molar-refractivity contribution in [2.75, 3.05) is 24.6 Å². The summed E-state index contributed by atoms with van der Waals surface area (Å²) in [7, 11) is 0. The molecule has 0 unspecified atom stereocenters. The third-order valence-electron chi connectivity index (χ3n) is 3.68. The van der Waals surface area contributed by atoms with Gasteiger partial charge in [0, 0.05) is 18.1 Å². The topological polar surface area (TPSA) is 81.6 Å². The van der Waals surface area contributed by atoms with E-state index in [1.807, 2.05) is 6.07 Å². The van der Waals surface area contributed by atoms with Crippen molar-refractivity contribution in [3.63, 3.8) is 0 Å². The molecule has 21 heavy (non-hydrogen) atoms. The lowest BCUT2D eigenvalue weighted by Gasteiger charge is -2.30. The molecule has 1 amide bonds. The number of rotatable bonds is 3. The third-order valence-corrected chi connectivity index (χ3v) is 3.92.